The van der Waals surface area contributed by atoms with E-state index in [-0.39, 0.29) is 17.7 Å². The third-order valence-corrected chi connectivity index (χ3v) is 4.77. The Bertz CT molecular complexity index is 640. The molecule has 0 bridgehead atoms. The zero-order valence-corrected chi connectivity index (χ0v) is 17.7. The second-order valence-corrected chi connectivity index (χ2v) is 8.09. The molecule has 0 saturated heterocycles. The summed E-state index contributed by atoms with van der Waals surface area (Å²) < 4.78 is 0. The number of rotatable bonds is 12. The van der Waals surface area contributed by atoms with E-state index in [9.17, 15) is 14.4 Å². The Balaban J connectivity index is 2.86. The van der Waals surface area contributed by atoms with Crippen LogP contribution in [-0.2, 0) is 14.4 Å². The molecule has 0 aliphatic heterocycles. The lowest BCUT2D eigenvalue weighted by Crippen LogP contribution is -2.54. The number of amides is 2. The maximum absolute atomic E-state index is 12.8. The van der Waals surface area contributed by atoms with E-state index in [0.717, 1.165) is 0 Å². The first kappa shape index (κ1) is 24.0. The van der Waals surface area contributed by atoms with Gasteiger partial charge in [-0.1, -0.05) is 32.0 Å². The lowest BCUT2D eigenvalue weighted by molar-refractivity contribution is -0.139. The van der Waals surface area contributed by atoms with Gasteiger partial charge in [-0.15, -0.1) is 0 Å². The van der Waals surface area contributed by atoms with E-state index in [1.54, 1.807) is 23.9 Å². The van der Waals surface area contributed by atoms with Crippen LogP contribution in [0.3, 0.4) is 0 Å². The maximum atomic E-state index is 12.8. The van der Waals surface area contributed by atoms with Gasteiger partial charge in [0, 0.05) is 5.69 Å². The van der Waals surface area contributed by atoms with Gasteiger partial charge < -0.3 is 15.7 Å². The molecule has 3 atom stereocenters. The van der Waals surface area contributed by atoms with Crippen LogP contribution >= 0.6 is 11.8 Å². The molecule has 8 heteroatoms. The van der Waals surface area contributed by atoms with E-state index in [4.69, 9.17) is 5.11 Å². The molecular formula is C20H31N3O4S. The summed E-state index contributed by atoms with van der Waals surface area (Å²) in [5.74, 6) is -0.785. The number of carboxylic acids is 1. The van der Waals surface area contributed by atoms with Crippen molar-refractivity contribution in [1.82, 2.24) is 10.6 Å². The highest BCUT2D eigenvalue weighted by Gasteiger charge is 2.28. The SMILES string of the molecule is CSCC[C@H](N[C@H](C)C(=O)O)C(=O)N[C@@H](CC(C)C)C(=O)Nc1ccccc1. The Morgan fingerprint density at radius 3 is 2.21 bits per heavy atom. The van der Waals surface area contributed by atoms with E-state index < -0.39 is 24.1 Å². The Kier molecular flexibility index (Phi) is 10.6. The average Bonchev–Trinajstić information content (AvgIpc) is 2.64. The average molecular weight is 410 g/mol. The van der Waals surface area contributed by atoms with Crippen molar-refractivity contribution in [2.75, 3.05) is 17.3 Å². The third-order valence-electron chi connectivity index (χ3n) is 4.13. The van der Waals surface area contributed by atoms with E-state index in [0.29, 0.717) is 24.3 Å². The van der Waals surface area contributed by atoms with Crippen molar-refractivity contribution in [3.8, 4) is 0 Å². The summed E-state index contributed by atoms with van der Waals surface area (Å²) in [6.07, 6.45) is 2.87. The van der Waals surface area contributed by atoms with E-state index in [1.165, 1.54) is 6.92 Å². The number of thioether (sulfide) groups is 1. The highest BCUT2D eigenvalue weighted by molar-refractivity contribution is 7.98. The molecule has 7 nitrogen and oxygen atoms in total. The Morgan fingerprint density at radius 2 is 1.68 bits per heavy atom. The lowest BCUT2D eigenvalue weighted by Gasteiger charge is -2.25. The summed E-state index contributed by atoms with van der Waals surface area (Å²) in [6, 6.07) is 6.81. The molecule has 156 valence electrons. The number of hydrogen-bond donors (Lipinski definition) is 4. The molecule has 0 radical (unpaired) electrons. The molecule has 0 spiro atoms. The predicted octanol–water partition coefficient (Wildman–Crippen LogP) is 2.34. The van der Waals surface area contributed by atoms with Gasteiger partial charge in [0.15, 0.2) is 0 Å². The summed E-state index contributed by atoms with van der Waals surface area (Å²) in [5, 5.41) is 17.6. The van der Waals surface area contributed by atoms with Crippen molar-refractivity contribution in [1.29, 1.82) is 0 Å². The van der Waals surface area contributed by atoms with Crippen LogP contribution in [0.2, 0.25) is 0 Å². The van der Waals surface area contributed by atoms with Crippen LogP contribution in [0.5, 0.6) is 0 Å². The van der Waals surface area contributed by atoms with Crippen LogP contribution < -0.4 is 16.0 Å². The molecule has 0 aliphatic rings. The summed E-state index contributed by atoms with van der Waals surface area (Å²) in [4.78, 5) is 36.7. The smallest absolute Gasteiger partial charge is 0.320 e. The molecule has 1 aromatic carbocycles. The molecule has 0 aromatic heterocycles. The molecule has 4 N–H and O–H groups in total. The topological polar surface area (TPSA) is 108 Å². The van der Waals surface area contributed by atoms with Crippen LogP contribution in [0.15, 0.2) is 30.3 Å². The van der Waals surface area contributed by atoms with E-state index >= 15 is 0 Å². The minimum atomic E-state index is -1.03. The third kappa shape index (κ3) is 8.75. The van der Waals surface area contributed by atoms with Gasteiger partial charge in [0.1, 0.15) is 12.1 Å². The summed E-state index contributed by atoms with van der Waals surface area (Å²) in [5.41, 5.74) is 0.659. The van der Waals surface area contributed by atoms with E-state index in [2.05, 4.69) is 16.0 Å². The van der Waals surface area contributed by atoms with Gasteiger partial charge in [-0.3, -0.25) is 19.7 Å². The first-order valence-corrected chi connectivity index (χ1v) is 10.8. The van der Waals surface area contributed by atoms with E-state index in [1.807, 2.05) is 38.3 Å². The number of para-hydroxylation sites is 1. The molecule has 0 fully saturated rings. The quantitative estimate of drug-likeness (QED) is 0.422. The van der Waals surface area contributed by atoms with Crippen LogP contribution in [0.4, 0.5) is 5.69 Å². The number of carbonyl (C=O) groups is 3. The molecule has 0 aliphatic carbocycles. The summed E-state index contributed by atoms with van der Waals surface area (Å²) in [6.45, 7) is 5.45. The lowest BCUT2D eigenvalue weighted by atomic mass is 10.0. The van der Waals surface area contributed by atoms with Crippen molar-refractivity contribution in [2.24, 2.45) is 5.92 Å². The zero-order valence-electron chi connectivity index (χ0n) is 16.9. The maximum Gasteiger partial charge on any atom is 0.320 e. The number of hydrogen-bond acceptors (Lipinski definition) is 5. The summed E-state index contributed by atoms with van der Waals surface area (Å²) in [7, 11) is 0. The van der Waals surface area contributed by atoms with Gasteiger partial charge in [-0.2, -0.15) is 11.8 Å². The molecule has 0 unspecified atom stereocenters. The monoisotopic (exact) mass is 409 g/mol. The van der Waals surface area contributed by atoms with Crippen molar-refractivity contribution in [2.45, 2.75) is 51.7 Å². The largest absolute Gasteiger partial charge is 0.480 e. The highest BCUT2D eigenvalue weighted by atomic mass is 32.2. The molecular weight excluding hydrogens is 378 g/mol. The number of carboxylic acid groups (broad SMARTS) is 1. The van der Waals surface area contributed by atoms with Crippen molar-refractivity contribution in [3.05, 3.63) is 30.3 Å². The standard InChI is InChI=1S/C20H31N3O4S/c1-13(2)12-17(19(25)22-15-8-6-5-7-9-15)23-18(24)16(10-11-28-4)21-14(3)20(26)27/h5-9,13-14,16-17,21H,10-12H2,1-4H3,(H,22,25)(H,23,24)(H,26,27)/t14-,16+,17+/m1/s1. The normalized spacial score (nSPS) is 14.2. The van der Waals surface area contributed by atoms with Crippen molar-refractivity contribution < 1.29 is 19.5 Å². The fraction of sp³-hybridized carbons (Fsp3) is 0.550. The van der Waals surface area contributed by atoms with Gasteiger partial charge in [-0.25, -0.2) is 0 Å². The van der Waals surface area contributed by atoms with Crippen molar-refractivity contribution in [3.63, 3.8) is 0 Å². The number of carbonyl (C=O) groups excluding carboxylic acids is 2. The number of nitrogens with one attached hydrogen (secondary N) is 3. The first-order valence-electron chi connectivity index (χ1n) is 9.38. The Morgan fingerprint density at radius 1 is 1.04 bits per heavy atom. The van der Waals surface area contributed by atoms with Gasteiger partial charge in [0.05, 0.1) is 6.04 Å². The minimum Gasteiger partial charge on any atom is -0.480 e. The first-order chi connectivity index (χ1) is 13.2. The van der Waals surface area contributed by atoms with Gasteiger partial charge >= 0.3 is 5.97 Å². The second kappa shape index (κ2) is 12.4. The molecule has 0 saturated carbocycles. The molecule has 1 aromatic rings. The van der Waals surface area contributed by atoms with Gasteiger partial charge in [0.25, 0.3) is 0 Å². The Labute approximate surface area is 171 Å². The molecule has 2 amide bonds. The van der Waals surface area contributed by atoms with Crippen molar-refractivity contribution >= 4 is 35.2 Å². The predicted molar refractivity (Wildman–Crippen MR) is 113 cm³/mol. The van der Waals surface area contributed by atoms with Crippen LogP contribution in [0, 0.1) is 5.92 Å². The number of aliphatic carboxylic acids is 1. The minimum absolute atomic E-state index is 0.197. The molecule has 0 heterocycles. The fourth-order valence-electron chi connectivity index (χ4n) is 2.62. The van der Waals surface area contributed by atoms with Crippen LogP contribution in [0.25, 0.3) is 0 Å². The second-order valence-electron chi connectivity index (χ2n) is 7.11. The van der Waals surface area contributed by atoms with Crippen LogP contribution in [-0.4, -0.2) is 53.0 Å². The number of anilines is 1. The highest BCUT2D eigenvalue weighted by Crippen LogP contribution is 2.11. The summed E-state index contributed by atoms with van der Waals surface area (Å²) >= 11 is 1.57. The van der Waals surface area contributed by atoms with Gasteiger partial charge in [-0.05, 0) is 49.8 Å². The molecule has 28 heavy (non-hydrogen) atoms. The van der Waals surface area contributed by atoms with Crippen LogP contribution in [0.1, 0.15) is 33.6 Å². The van der Waals surface area contributed by atoms with Gasteiger partial charge in [0.2, 0.25) is 11.8 Å². The molecule has 1 rings (SSSR count). The zero-order chi connectivity index (χ0) is 21.1. The number of benzene rings is 1. The fourth-order valence-corrected chi connectivity index (χ4v) is 3.10. The Hall–Kier alpha value is -2.06.